The minimum atomic E-state index is -0.907. The predicted molar refractivity (Wildman–Crippen MR) is 80.7 cm³/mol. The number of aliphatic carboxylic acids is 1. The van der Waals surface area contributed by atoms with Crippen molar-refractivity contribution < 1.29 is 29.3 Å². The third-order valence-corrected chi connectivity index (χ3v) is 3.06. The average Bonchev–Trinajstić information content (AvgIpc) is 2.45. The van der Waals surface area contributed by atoms with Crippen molar-refractivity contribution in [3.8, 4) is 11.5 Å². The van der Waals surface area contributed by atoms with Gasteiger partial charge in [-0.15, -0.1) is 0 Å². The second kappa shape index (κ2) is 9.04. The van der Waals surface area contributed by atoms with E-state index in [0.717, 1.165) is 6.42 Å². The molecule has 1 rings (SSSR count). The van der Waals surface area contributed by atoms with Gasteiger partial charge in [-0.2, -0.15) is 0 Å². The number of rotatable bonds is 10. The Labute approximate surface area is 129 Å². The molecule has 0 atom stereocenters. The zero-order valence-corrected chi connectivity index (χ0v) is 12.9. The van der Waals surface area contributed by atoms with Crippen LogP contribution in [0.5, 0.6) is 11.5 Å². The molecule has 6 heteroatoms. The Morgan fingerprint density at radius 3 is 2.50 bits per heavy atom. The van der Waals surface area contributed by atoms with E-state index in [1.165, 1.54) is 13.0 Å². The van der Waals surface area contributed by atoms with Crippen LogP contribution in [-0.4, -0.2) is 41.8 Å². The lowest BCUT2D eigenvalue weighted by Crippen LogP contribution is -2.11. The molecule has 1 aromatic rings. The Morgan fingerprint density at radius 1 is 1.18 bits per heavy atom. The van der Waals surface area contributed by atoms with Gasteiger partial charge in [-0.1, -0.05) is 13.3 Å². The van der Waals surface area contributed by atoms with Crippen LogP contribution in [0.3, 0.4) is 0 Å². The van der Waals surface area contributed by atoms with E-state index in [1.807, 2.05) is 6.92 Å². The summed E-state index contributed by atoms with van der Waals surface area (Å²) in [5, 5.41) is 18.7. The first-order valence-corrected chi connectivity index (χ1v) is 7.25. The molecule has 0 aromatic heterocycles. The van der Waals surface area contributed by atoms with Crippen LogP contribution >= 0.6 is 0 Å². The fourth-order valence-corrected chi connectivity index (χ4v) is 2.00. The number of phenolic OH excluding ortho intramolecular Hbond substituents is 1. The standard InChI is InChI=1S/C16H22O6/c1-3-4-13-14(6-5-12(11(2)17)16(13)20)22-10-9-21-8-7-15(18)19/h5-6,20H,3-4,7-10H2,1-2H3,(H,18,19). The molecule has 0 amide bonds. The molecule has 6 nitrogen and oxygen atoms in total. The van der Waals surface area contributed by atoms with Crippen LogP contribution in [0.4, 0.5) is 0 Å². The maximum Gasteiger partial charge on any atom is 0.305 e. The van der Waals surface area contributed by atoms with Gasteiger partial charge in [0, 0.05) is 5.56 Å². The molecule has 0 unspecified atom stereocenters. The van der Waals surface area contributed by atoms with Crippen molar-refractivity contribution in [2.24, 2.45) is 0 Å². The van der Waals surface area contributed by atoms with Crippen molar-refractivity contribution in [1.29, 1.82) is 0 Å². The number of phenols is 1. The van der Waals surface area contributed by atoms with E-state index in [1.54, 1.807) is 6.07 Å². The van der Waals surface area contributed by atoms with E-state index < -0.39 is 5.97 Å². The fraction of sp³-hybridized carbons (Fsp3) is 0.500. The van der Waals surface area contributed by atoms with Gasteiger partial charge in [-0.3, -0.25) is 9.59 Å². The number of aromatic hydroxyl groups is 1. The van der Waals surface area contributed by atoms with Gasteiger partial charge >= 0.3 is 5.97 Å². The van der Waals surface area contributed by atoms with Crippen molar-refractivity contribution in [2.45, 2.75) is 33.1 Å². The first-order chi connectivity index (χ1) is 10.5. The van der Waals surface area contributed by atoms with Crippen LogP contribution in [-0.2, 0) is 16.0 Å². The zero-order chi connectivity index (χ0) is 16.5. The smallest absolute Gasteiger partial charge is 0.305 e. The summed E-state index contributed by atoms with van der Waals surface area (Å²) in [4.78, 5) is 21.8. The number of benzene rings is 1. The average molecular weight is 310 g/mol. The zero-order valence-electron chi connectivity index (χ0n) is 12.9. The van der Waals surface area contributed by atoms with Crippen molar-refractivity contribution in [3.05, 3.63) is 23.3 Å². The Hall–Kier alpha value is -2.08. The number of hydrogen-bond donors (Lipinski definition) is 2. The minimum Gasteiger partial charge on any atom is -0.507 e. The molecule has 0 aliphatic rings. The molecule has 0 radical (unpaired) electrons. The third kappa shape index (κ3) is 5.37. The second-order valence-corrected chi connectivity index (χ2v) is 4.85. The van der Waals surface area contributed by atoms with Crippen molar-refractivity contribution in [3.63, 3.8) is 0 Å². The van der Waals surface area contributed by atoms with Gasteiger partial charge in [0.15, 0.2) is 5.78 Å². The Morgan fingerprint density at radius 2 is 1.91 bits per heavy atom. The number of carbonyl (C=O) groups excluding carboxylic acids is 1. The molecule has 1 aromatic carbocycles. The van der Waals surface area contributed by atoms with E-state index in [-0.39, 0.29) is 43.3 Å². The lowest BCUT2D eigenvalue weighted by Gasteiger charge is -2.14. The number of ether oxygens (including phenoxy) is 2. The maximum atomic E-state index is 11.5. The lowest BCUT2D eigenvalue weighted by molar-refractivity contribution is -0.138. The molecule has 2 N–H and O–H groups in total. The maximum absolute atomic E-state index is 11.5. The van der Waals surface area contributed by atoms with E-state index in [2.05, 4.69) is 0 Å². The van der Waals surface area contributed by atoms with Gasteiger partial charge in [0.1, 0.15) is 18.1 Å². The number of hydrogen-bond acceptors (Lipinski definition) is 5. The van der Waals surface area contributed by atoms with Crippen LogP contribution in [0.2, 0.25) is 0 Å². The summed E-state index contributed by atoms with van der Waals surface area (Å²) in [6.45, 7) is 4.01. The normalized spacial score (nSPS) is 10.5. The monoisotopic (exact) mass is 310 g/mol. The van der Waals surface area contributed by atoms with Crippen LogP contribution < -0.4 is 4.74 Å². The van der Waals surface area contributed by atoms with Crippen LogP contribution in [0.15, 0.2) is 12.1 Å². The van der Waals surface area contributed by atoms with Crippen molar-refractivity contribution >= 4 is 11.8 Å². The number of Topliss-reactive ketones (excluding diaryl/α,β-unsaturated/α-hetero) is 1. The van der Waals surface area contributed by atoms with E-state index >= 15 is 0 Å². The van der Waals surface area contributed by atoms with Gasteiger partial charge in [0.25, 0.3) is 0 Å². The summed E-state index contributed by atoms with van der Waals surface area (Å²) in [6.07, 6.45) is 1.36. The molecule has 0 fully saturated rings. The molecule has 0 heterocycles. The van der Waals surface area contributed by atoms with Crippen LogP contribution in [0.25, 0.3) is 0 Å². The van der Waals surface area contributed by atoms with Crippen molar-refractivity contribution in [2.75, 3.05) is 19.8 Å². The highest BCUT2D eigenvalue weighted by molar-refractivity contribution is 5.97. The summed E-state index contributed by atoms with van der Waals surface area (Å²) >= 11 is 0. The quantitative estimate of drug-likeness (QED) is 0.509. The van der Waals surface area contributed by atoms with Crippen LogP contribution in [0.1, 0.15) is 42.6 Å². The Balaban J connectivity index is 2.64. The summed E-state index contributed by atoms with van der Waals surface area (Å²) in [6, 6.07) is 3.20. The van der Waals surface area contributed by atoms with E-state index in [4.69, 9.17) is 14.6 Å². The fourth-order valence-electron chi connectivity index (χ4n) is 2.00. The first kappa shape index (κ1) is 18.0. The highest BCUT2D eigenvalue weighted by Crippen LogP contribution is 2.32. The van der Waals surface area contributed by atoms with Gasteiger partial charge in [-0.05, 0) is 25.5 Å². The highest BCUT2D eigenvalue weighted by Gasteiger charge is 2.15. The number of ketones is 1. The number of carbonyl (C=O) groups is 2. The molecule has 0 bridgehead atoms. The van der Waals surface area contributed by atoms with Gasteiger partial charge in [0.05, 0.1) is 25.2 Å². The van der Waals surface area contributed by atoms with Gasteiger partial charge < -0.3 is 19.7 Å². The summed E-state index contributed by atoms with van der Waals surface area (Å²) < 4.78 is 10.7. The predicted octanol–water partition coefficient (Wildman–Crippen LogP) is 2.42. The van der Waals surface area contributed by atoms with Gasteiger partial charge in [-0.25, -0.2) is 0 Å². The topological polar surface area (TPSA) is 93.1 Å². The molecule has 0 saturated carbocycles. The molecule has 0 spiro atoms. The summed E-state index contributed by atoms with van der Waals surface area (Å²) in [5.74, 6) is -0.612. The SMILES string of the molecule is CCCc1c(OCCOCCC(=O)O)ccc(C(C)=O)c1O. The molecule has 0 aliphatic carbocycles. The van der Waals surface area contributed by atoms with Crippen molar-refractivity contribution in [1.82, 2.24) is 0 Å². The summed E-state index contributed by atoms with van der Waals surface area (Å²) in [7, 11) is 0. The Kier molecular flexibility index (Phi) is 7.39. The minimum absolute atomic E-state index is 0.0290. The lowest BCUT2D eigenvalue weighted by atomic mass is 10.0. The molecule has 0 aliphatic heterocycles. The van der Waals surface area contributed by atoms with Crippen LogP contribution in [0, 0.1) is 0 Å². The molecular weight excluding hydrogens is 288 g/mol. The molecular formula is C16H22O6. The Bertz CT molecular complexity index is 524. The second-order valence-electron chi connectivity index (χ2n) is 4.85. The largest absolute Gasteiger partial charge is 0.507 e. The third-order valence-electron chi connectivity index (χ3n) is 3.06. The van der Waals surface area contributed by atoms with E-state index in [0.29, 0.717) is 17.7 Å². The van der Waals surface area contributed by atoms with E-state index in [9.17, 15) is 14.7 Å². The number of carboxylic acid groups (broad SMARTS) is 1. The first-order valence-electron chi connectivity index (χ1n) is 7.25. The highest BCUT2D eigenvalue weighted by atomic mass is 16.5. The molecule has 0 saturated heterocycles. The molecule has 22 heavy (non-hydrogen) atoms. The summed E-state index contributed by atoms with van der Waals surface area (Å²) in [5.41, 5.74) is 0.897. The number of carboxylic acids is 1. The molecule has 122 valence electrons. The van der Waals surface area contributed by atoms with Gasteiger partial charge in [0.2, 0.25) is 0 Å².